The lowest BCUT2D eigenvalue weighted by Gasteiger charge is -2.13. The summed E-state index contributed by atoms with van der Waals surface area (Å²) >= 11 is 0. The van der Waals surface area contributed by atoms with Crippen LogP contribution in [0.5, 0.6) is 0 Å². The van der Waals surface area contributed by atoms with Gasteiger partial charge in [0.1, 0.15) is 0 Å². The fourth-order valence-corrected chi connectivity index (χ4v) is 1.49. The third-order valence-corrected chi connectivity index (χ3v) is 2.40. The number of aliphatic carboxylic acids is 1. The fraction of sp³-hybridized carbons (Fsp3) is 0.273. The Kier molecular flexibility index (Phi) is 2.76. The average Bonchev–Trinajstić information content (AvgIpc) is 2.69. The molecule has 1 heterocycles. The molecular formula is C11H13N3O2. The fourth-order valence-electron chi connectivity index (χ4n) is 1.49. The Bertz CT molecular complexity index is 474. The Hall–Kier alpha value is -2.04. The second-order valence-electron chi connectivity index (χ2n) is 3.64. The van der Waals surface area contributed by atoms with Crippen molar-refractivity contribution in [2.75, 3.05) is 18.5 Å². The van der Waals surface area contributed by atoms with Crippen LogP contribution in [0.4, 0.5) is 5.95 Å². The van der Waals surface area contributed by atoms with Gasteiger partial charge in [0.15, 0.2) is 0 Å². The molecule has 0 aliphatic heterocycles. The highest BCUT2D eigenvalue weighted by atomic mass is 16.4. The molecule has 0 fully saturated rings. The van der Waals surface area contributed by atoms with Gasteiger partial charge < -0.3 is 15.0 Å². The predicted octanol–water partition coefficient (Wildman–Crippen LogP) is 1.47. The number of nitrogens with one attached hydrogen (secondary N) is 1. The molecule has 2 rings (SSSR count). The summed E-state index contributed by atoms with van der Waals surface area (Å²) in [6, 6.07) is 7.71. The Morgan fingerprint density at radius 1 is 1.50 bits per heavy atom. The van der Waals surface area contributed by atoms with Crippen LogP contribution in [-0.2, 0) is 4.79 Å². The Morgan fingerprint density at radius 2 is 2.25 bits per heavy atom. The highest BCUT2D eigenvalue weighted by Gasteiger charge is 2.08. The molecule has 1 aromatic carbocycles. The molecule has 0 saturated heterocycles. The summed E-state index contributed by atoms with van der Waals surface area (Å²) in [5, 5.41) is 8.59. The maximum Gasteiger partial charge on any atom is 0.305 e. The number of fused-ring (bicyclic) bond motifs is 1. The predicted molar refractivity (Wildman–Crippen MR) is 61.6 cm³/mol. The smallest absolute Gasteiger partial charge is 0.305 e. The lowest BCUT2D eigenvalue weighted by Crippen LogP contribution is -2.21. The molecule has 0 unspecified atom stereocenters. The Labute approximate surface area is 92.7 Å². The SMILES string of the molecule is CN(CCC(=O)O)c1nc2ccccc2[nH]1. The molecule has 0 aliphatic rings. The quantitative estimate of drug-likeness (QED) is 0.817. The zero-order valence-electron chi connectivity index (χ0n) is 8.97. The molecule has 5 nitrogen and oxygen atoms in total. The number of para-hydroxylation sites is 2. The lowest BCUT2D eigenvalue weighted by atomic mass is 10.3. The van der Waals surface area contributed by atoms with E-state index in [0.717, 1.165) is 11.0 Å². The molecule has 0 aliphatic carbocycles. The lowest BCUT2D eigenvalue weighted by molar-refractivity contribution is -0.136. The highest BCUT2D eigenvalue weighted by Crippen LogP contribution is 2.15. The maximum absolute atomic E-state index is 10.4. The van der Waals surface area contributed by atoms with Crippen molar-refractivity contribution in [3.8, 4) is 0 Å². The van der Waals surface area contributed by atoms with Crippen LogP contribution < -0.4 is 4.90 Å². The number of nitrogens with zero attached hydrogens (tertiary/aromatic N) is 2. The van der Waals surface area contributed by atoms with E-state index in [1.165, 1.54) is 0 Å². The molecule has 5 heteroatoms. The third kappa shape index (κ3) is 2.13. The van der Waals surface area contributed by atoms with Gasteiger partial charge in [0.2, 0.25) is 5.95 Å². The van der Waals surface area contributed by atoms with E-state index in [4.69, 9.17) is 5.11 Å². The summed E-state index contributed by atoms with van der Waals surface area (Å²) in [5.74, 6) is -0.106. The number of aromatic nitrogens is 2. The molecular weight excluding hydrogens is 206 g/mol. The Morgan fingerprint density at radius 3 is 2.94 bits per heavy atom. The van der Waals surface area contributed by atoms with E-state index >= 15 is 0 Å². The summed E-state index contributed by atoms with van der Waals surface area (Å²) < 4.78 is 0. The Balaban J connectivity index is 2.16. The molecule has 2 aromatic rings. The van der Waals surface area contributed by atoms with E-state index in [-0.39, 0.29) is 6.42 Å². The second-order valence-corrected chi connectivity index (χ2v) is 3.64. The zero-order chi connectivity index (χ0) is 11.5. The minimum absolute atomic E-state index is 0.105. The highest BCUT2D eigenvalue weighted by molar-refractivity contribution is 5.77. The van der Waals surface area contributed by atoms with Crippen molar-refractivity contribution in [3.05, 3.63) is 24.3 Å². The van der Waals surface area contributed by atoms with E-state index in [0.29, 0.717) is 12.5 Å². The van der Waals surface area contributed by atoms with Crippen LogP contribution in [0.2, 0.25) is 0 Å². The van der Waals surface area contributed by atoms with Crippen molar-refractivity contribution in [2.45, 2.75) is 6.42 Å². The first-order valence-corrected chi connectivity index (χ1v) is 5.04. The summed E-state index contributed by atoms with van der Waals surface area (Å²) in [6.45, 7) is 0.440. The number of benzene rings is 1. The van der Waals surface area contributed by atoms with Crippen LogP contribution in [0, 0.1) is 0 Å². The van der Waals surface area contributed by atoms with Crippen molar-refractivity contribution in [3.63, 3.8) is 0 Å². The van der Waals surface area contributed by atoms with Gasteiger partial charge in [-0.2, -0.15) is 0 Å². The van der Waals surface area contributed by atoms with E-state index in [9.17, 15) is 4.79 Å². The number of carbonyl (C=O) groups is 1. The van der Waals surface area contributed by atoms with Gasteiger partial charge in [0.25, 0.3) is 0 Å². The molecule has 16 heavy (non-hydrogen) atoms. The second kappa shape index (κ2) is 4.22. The number of anilines is 1. The summed E-state index contributed by atoms with van der Waals surface area (Å²) in [6.07, 6.45) is 0.105. The number of hydrogen-bond donors (Lipinski definition) is 2. The van der Waals surface area contributed by atoms with E-state index in [2.05, 4.69) is 9.97 Å². The van der Waals surface area contributed by atoms with E-state index < -0.39 is 5.97 Å². The van der Waals surface area contributed by atoms with Gasteiger partial charge in [-0.15, -0.1) is 0 Å². The zero-order valence-corrected chi connectivity index (χ0v) is 8.97. The average molecular weight is 219 g/mol. The van der Waals surface area contributed by atoms with Gasteiger partial charge >= 0.3 is 5.97 Å². The number of aromatic amines is 1. The van der Waals surface area contributed by atoms with Crippen molar-refractivity contribution < 1.29 is 9.90 Å². The minimum Gasteiger partial charge on any atom is -0.481 e. The van der Waals surface area contributed by atoms with Gasteiger partial charge in [0, 0.05) is 13.6 Å². The number of carboxylic acid groups (broad SMARTS) is 1. The maximum atomic E-state index is 10.4. The molecule has 0 spiro atoms. The molecule has 2 N–H and O–H groups in total. The van der Waals surface area contributed by atoms with Crippen LogP contribution in [0.25, 0.3) is 11.0 Å². The summed E-state index contributed by atoms with van der Waals surface area (Å²) in [7, 11) is 1.82. The van der Waals surface area contributed by atoms with Crippen LogP contribution in [0.1, 0.15) is 6.42 Å². The molecule has 84 valence electrons. The number of imidazole rings is 1. The topological polar surface area (TPSA) is 69.2 Å². The molecule has 0 radical (unpaired) electrons. The normalized spacial score (nSPS) is 10.6. The number of hydrogen-bond acceptors (Lipinski definition) is 3. The van der Waals surface area contributed by atoms with Gasteiger partial charge in [-0.25, -0.2) is 4.98 Å². The first kappa shape index (κ1) is 10.5. The van der Waals surface area contributed by atoms with E-state index in [1.807, 2.05) is 31.3 Å². The number of rotatable bonds is 4. The summed E-state index contributed by atoms with van der Waals surface area (Å²) in [4.78, 5) is 19.8. The molecule has 0 saturated carbocycles. The van der Waals surface area contributed by atoms with Crippen LogP contribution >= 0.6 is 0 Å². The monoisotopic (exact) mass is 219 g/mol. The van der Waals surface area contributed by atoms with Crippen LogP contribution in [-0.4, -0.2) is 34.6 Å². The van der Waals surface area contributed by atoms with Gasteiger partial charge in [-0.3, -0.25) is 4.79 Å². The largest absolute Gasteiger partial charge is 0.481 e. The number of carboxylic acids is 1. The standard InChI is InChI=1S/C11H13N3O2/c1-14(7-6-10(15)16)11-12-8-4-2-3-5-9(8)13-11/h2-5H,6-7H2,1H3,(H,12,13)(H,15,16). The number of H-pyrrole nitrogens is 1. The van der Waals surface area contributed by atoms with Crippen molar-refractivity contribution >= 4 is 23.0 Å². The van der Waals surface area contributed by atoms with Crippen molar-refractivity contribution in [2.24, 2.45) is 0 Å². The van der Waals surface area contributed by atoms with Crippen molar-refractivity contribution in [1.29, 1.82) is 0 Å². The molecule has 0 bridgehead atoms. The van der Waals surface area contributed by atoms with Crippen molar-refractivity contribution in [1.82, 2.24) is 9.97 Å². The van der Waals surface area contributed by atoms with Gasteiger partial charge in [0.05, 0.1) is 17.5 Å². The molecule has 0 amide bonds. The first-order valence-electron chi connectivity index (χ1n) is 5.04. The summed E-state index contributed by atoms with van der Waals surface area (Å²) in [5.41, 5.74) is 1.85. The molecule has 0 atom stereocenters. The third-order valence-electron chi connectivity index (χ3n) is 2.40. The van der Waals surface area contributed by atoms with Crippen LogP contribution in [0.15, 0.2) is 24.3 Å². The van der Waals surface area contributed by atoms with Gasteiger partial charge in [-0.1, -0.05) is 12.1 Å². The molecule has 1 aromatic heterocycles. The first-order chi connectivity index (χ1) is 7.66. The van der Waals surface area contributed by atoms with E-state index in [1.54, 1.807) is 4.90 Å². The van der Waals surface area contributed by atoms with Crippen LogP contribution in [0.3, 0.4) is 0 Å². The van der Waals surface area contributed by atoms with Gasteiger partial charge in [-0.05, 0) is 12.1 Å². The minimum atomic E-state index is -0.803.